The minimum Gasteiger partial charge on any atom is -0.370 e. The molecule has 0 unspecified atom stereocenters. The molecule has 0 fully saturated rings. The molecule has 0 saturated carbocycles. The van der Waals surface area contributed by atoms with Crippen LogP contribution in [-0.2, 0) is 6.42 Å². The Balaban J connectivity index is 2.25. The summed E-state index contributed by atoms with van der Waals surface area (Å²) in [5.74, 6) is 0.950. The van der Waals surface area contributed by atoms with Crippen molar-refractivity contribution < 1.29 is 0 Å². The molecule has 0 saturated heterocycles. The van der Waals surface area contributed by atoms with Crippen molar-refractivity contribution >= 4 is 29.1 Å². The summed E-state index contributed by atoms with van der Waals surface area (Å²) in [5.41, 5.74) is 1.18. The molecule has 0 spiro atoms. The predicted octanol–water partition coefficient (Wildman–Crippen LogP) is 3.25. The number of hydrogen-bond acceptors (Lipinski definition) is 7. The number of nitrogens with zero attached hydrogens (tertiary/aromatic N) is 4. The fourth-order valence-electron chi connectivity index (χ4n) is 1.65. The number of anilines is 1. The Hall–Kier alpha value is -1.21. The average Bonchev–Trinajstić information content (AvgIpc) is 2.92. The zero-order chi connectivity index (χ0) is 13.5. The second-order valence-electron chi connectivity index (χ2n) is 3.99. The normalized spacial score (nSPS) is 10.6. The lowest BCUT2D eigenvalue weighted by Gasteiger charge is -2.12. The molecule has 102 valence electrons. The largest absolute Gasteiger partial charge is 0.370 e. The van der Waals surface area contributed by atoms with Crippen molar-refractivity contribution in [2.75, 3.05) is 11.9 Å². The van der Waals surface area contributed by atoms with Crippen molar-refractivity contribution in [1.82, 2.24) is 19.3 Å². The van der Waals surface area contributed by atoms with E-state index in [1.807, 2.05) is 0 Å². The van der Waals surface area contributed by atoms with E-state index < -0.39 is 0 Å². The van der Waals surface area contributed by atoms with Gasteiger partial charge in [-0.25, -0.2) is 15.0 Å². The number of rotatable bonds is 7. The van der Waals surface area contributed by atoms with Crippen LogP contribution in [0.5, 0.6) is 0 Å². The third-order valence-corrected chi connectivity index (χ3v) is 4.23. The summed E-state index contributed by atoms with van der Waals surface area (Å²) in [6.07, 6.45) is 6.30. The molecule has 1 N–H and O–H groups in total. The topological polar surface area (TPSA) is 63.6 Å². The fourth-order valence-corrected chi connectivity index (χ4v) is 3.13. The van der Waals surface area contributed by atoms with Crippen LogP contribution in [0.3, 0.4) is 0 Å². The van der Waals surface area contributed by atoms with E-state index in [-0.39, 0.29) is 0 Å². The maximum Gasteiger partial charge on any atom is 0.176 e. The van der Waals surface area contributed by atoms with E-state index in [0.717, 1.165) is 41.0 Å². The van der Waals surface area contributed by atoms with Gasteiger partial charge in [-0.05, 0) is 36.1 Å². The van der Waals surface area contributed by atoms with Crippen LogP contribution in [0.15, 0.2) is 22.0 Å². The van der Waals surface area contributed by atoms with Crippen molar-refractivity contribution in [2.45, 2.75) is 42.5 Å². The SMILES string of the molecule is CCCNc1ncnc(Sc2ncns2)c1CCC. The van der Waals surface area contributed by atoms with Crippen LogP contribution < -0.4 is 5.32 Å². The lowest BCUT2D eigenvalue weighted by Crippen LogP contribution is -2.07. The highest BCUT2D eigenvalue weighted by Crippen LogP contribution is 2.32. The Morgan fingerprint density at radius 2 is 2.05 bits per heavy atom. The predicted molar refractivity (Wildman–Crippen MR) is 78.8 cm³/mol. The molecule has 0 aliphatic rings. The number of nitrogens with one attached hydrogen (secondary N) is 1. The molecule has 2 rings (SSSR count). The van der Waals surface area contributed by atoms with Gasteiger partial charge in [0.15, 0.2) is 4.34 Å². The Morgan fingerprint density at radius 1 is 1.16 bits per heavy atom. The molecule has 0 aliphatic carbocycles. The Morgan fingerprint density at radius 3 is 2.74 bits per heavy atom. The first kappa shape index (κ1) is 14.2. The summed E-state index contributed by atoms with van der Waals surface area (Å²) < 4.78 is 4.93. The van der Waals surface area contributed by atoms with Gasteiger partial charge in [-0.1, -0.05) is 20.3 Å². The van der Waals surface area contributed by atoms with Gasteiger partial charge in [-0.15, -0.1) is 0 Å². The van der Waals surface area contributed by atoms with Crippen LogP contribution in [0, 0.1) is 0 Å². The molecule has 5 nitrogen and oxygen atoms in total. The fraction of sp³-hybridized carbons (Fsp3) is 0.500. The standard InChI is InChI=1S/C12H17N5S2/c1-3-5-9-10(13-6-4-2)14-7-15-11(9)18-12-16-8-17-19-12/h7-8H,3-6H2,1-2H3,(H,13,14,15). The second kappa shape index (κ2) is 7.40. The van der Waals surface area contributed by atoms with Gasteiger partial charge in [0.05, 0.1) is 0 Å². The lowest BCUT2D eigenvalue weighted by molar-refractivity contribution is 0.848. The summed E-state index contributed by atoms with van der Waals surface area (Å²) in [6, 6.07) is 0. The number of hydrogen-bond donors (Lipinski definition) is 1. The molecule has 2 aromatic rings. The maximum absolute atomic E-state index is 4.39. The maximum atomic E-state index is 4.39. The molecule has 19 heavy (non-hydrogen) atoms. The number of aromatic nitrogens is 4. The van der Waals surface area contributed by atoms with Crippen molar-refractivity contribution in [2.24, 2.45) is 0 Å². The van der Waals surface area contributed by atoms with Gasteiger partial charge in [-0.3, -0.25) is 0 Å². The zero-order valence-corrected chi connectivity index (χ0v) is 12.7. The molecule has 2 aromatic heterocycles. The average molecular weight is 295 g/mol. The lowest BCUT2D eigenvalue weighted by atomic mass is 10.2. The first-order valence-electron chi connectivity index (χ1n) is 6.37. The third-order valence-electron chi connectivity index (χ3n) is 2.47. The van der Waals surface area contributed by atoms with E-state index >= 15 is 0 Å². The van der Waals surface area contributed by atoms with Crippen LogP contribution in [-0.4, -0.2) is 25.9 Å². The summed E-state index contributed by atoms with van der Waals surface area (Å²) >= 11 is 2.95. The second-order valence-corrected chi connectivity index (χ2v) is 6.01. The van der Waals surface area contributed by atoms with Crippen LogP contribution in [0.1, 0.15) is 32.3 Å². The molecule has 0 radical (unpaired) electrons. The molecule has 0 atom stereocenters. The van der Waals surface area contributed by atoms with E-state index in [1.165, 1.54) is 17.1 Å². The molecular formula is C12H17N5S2. The van der Waals surface area contributed by atoms with Crippen LogP contribution >= 0.6 is 23.3 Å². The highest BCUT2D eigenvalue weighted by Gasteiger charge is 2.13. The van der Waals surface area contributed by atoms with Crippen molar-refractivity contribution in [3.8, 4) is 0 Å². The van der Waals surface area contributed by atoms with Gasteiger partial charge in [0.2, 0.25) is 0 Å². The molecular weight excluding hydrogens is 278 g/mol. The van der Waals surface area contributed by atoms with E-state index in [9.17, 15) is 0 Å². The zero-order valence-electron chi connectivity index (χ0n) is 11.1. The highest BCUT2D eigenvalue weighted by atomic mass is 32.2. The Kier molecular flexibility index (Phi) is 5.53. The first-order valence-corrected chi connectivity index (χ1v) is 7.96. The van der Waals surface area contributed by atoms with E-state index in [2.05, 4.69) is 38.5 Å². The molecule has 0 bridgehead atoms. The molecule has 0 aliphatic heterocycles. The van der Waals surface area contributed by atoms with Gasteiger partial charge in [0.25, 0.3) is 0 Å². The van der Waals surface area contributed by atoms with E-state index in [4.69, 9.17) is 0 Å². The highest BCUT2D eigenvalue weighted by molar-refractivity contribution is 8.00. The van der Waals surface area contributed by atoms with Gasteiger partial charge in [0, 0.05) is 12.1 Å². The van der Waals surface area contributed by atoms with Crippen LogP contribution in [0.25, 0.3) is 0 Å². The van der Waals surface area contributed by atoms with Crippen molar-refractivity contribution in [1.29, 1.82) is 0 Å². The molecule has 2 heterocycles. The third kappa shape index (κ3) is 3.87. The van der Waals surface area contributed by atoms with Gasteiger partial charge >= 0.3 is 0 Å². The van der Waals surface area contributed by atoms with Gasteiger partial charge in [-0.2, -0.15) is 4.37 Å². The first-order chi connectivity index (χ1) is 9.35. The molecule has 0 amide bonds. The monoisotopic (exact) mass is 295 g/mol. The Bertz CT molecular complexity index is 501. The minimum absolute atomic E-state index is 0.914. The Labute approximate surface area is 121 Å². The van der Waals surface area contributed by atoms with Crippen molar-refractivity contribution in [3.63, 3.8) is 0 Å². The van der Waals surface area contributed by atoms with E-state index in [0.29, 0.717) is 0 Å². The van der Waals surface area contributed by atoms with Gasteiger partial charge in [0.1, 0.15) is 23.5 Å². The molecule has 7 heteroatoms. The smallest absolute Gasteiger partial charge is 0.176 e. The summed E-state index contributed by atoms with van der Waals surface area (Å²) in [4.78, 5) is 12.9. The quantitative estimate of drug-likeness (QED) is 0.791. The summed E-state index contributed by atoms with van der Waals surface area (Å²) in [7, 11) is 0. The van der Waals surface area contributed by atoms with Gasteiger partial charge < -0.3 is 5.32 Å². The summed E-state index contributed by atoms with van der Waals surface area (Å²) in [5, 5.41) is 4.35. The van der Waals surface area contributed by atoms with Crippen LogP contribution in [0.4, 0.5) is 5.82 Å². The minimum atomic E-state index is 0.914. The van der Waals surface area contributed by atoms with Crippen molar-refractivity contribution in [3.05, 3.63) is 18.2 Å². The van der Waals surface area contributed by atoms with E-state index in [1.54, 1.807) is 24.4 Å². The van der Waals surface area contributed by atoms with Crippen LogP contribution in [0.2, 0.25) is 0 Å². The summed E-state index contributed by atoms with van der Waals surface area (Å²) in [6.45, 7) is 5.23. The molecule has 0 aromatic carbocycles.